The first-order chi connectivity index (χ1) is 16.5. The lowest BCUT2D eigenvalue weighted by atomic mass is 9.78. The number of halogens is 2. The molecule has 10 heteroatoms. The number of benzene rings is 2. The monoisotopic (exact) mass is 527 g/mol. The number of ether oxygens (including phenoxy) is 2. The molecule has 8 nitrogen and oxygen atoms in total. The summed E-state index contributed by atoms with van der Waals surface area (Å²) in [7, 11) is 0. The zero-order valence-corrected chi connectivity index (χ0v) is 21.8. The third kappa shape index (κ3) is 8.17. The molecule has 2 aromatic carbocycles. The second kappa shape index (κ2) is 13.2. The van der Waals surface area contributed by atoms with Crippen LogP contribution < -0.4 is 21.1 Å². The average Bonchev–Trinajstić information content (AvgIpc) is 2.85. The zero-order chi connectivity index (χ0) is 26.2. The lowest BCUT2D eigenvalue weighted by Crippen LogP contribution is -2.40. The zero-order valence-electron chi connectivity index (χ0n) is 20.2. The number of nitrogens with zero attached hydrogens (tertiary/aromatic N) is 1. The fraction of sp³-hybridized carbons (Fsp3) is 0.440. The van der Waals surface area contributed by atoms with Crippen LogP contribution in [0.1, 0.15) is 31.9 Å². The van der Waals surface area contributed by atoms with E-state index in [-0.39, 0.29) is 43.4 Å². The van der Waals surface area contributed by atoms with Gasteiger partial charge in [-0.2, -0.15) is 0 Å². The molecule has 0 aromatic heterocycles. The Bertz CT molecular complexity index is 986. The minimum atomic E-state index is -0.856. The number of aliphatic hydroxyl groups is 3. The Labute approximate surface area is 216 Å². The van der Waals surface area contributed by atoms with E-state index in [9.17, 15) is 10.2 Å². The molecule has 0 saturated heterocycles. The van der Waals surface area contributed by atoms with Gasteiger partial charge in [-0.25, -0.2) is 5.84 Å². The molecule has 0 aliphatic heterocycles. The molecule has 0 fully saturated rings. The normalized spacial score (nSPS) is 14.2. The fourth-order valence-corrected chi connectivity index (χ4v) is 3.60. The van der Waals surface area contributed by atoms with Crippen LogP contribution in [0.15, 0.2) is 53.9 Å². The molecule has 0 aliphatic carbocycles. The van der Waals surface area contributed by atoms with E-state index >= 15 is 0 Å². The second-order valence-corrected chi connectivity index (χ2v) is 9.52. The van der Waals surface area contributed by atoms with Crippen molar-refractivity contribution in [3.05, 3.63) is 70.0 Å². The average molecular weight is 528 g/mol. The van der Waals surface area contributed by atoms with E-state index in [0.717, 1.165) is 11.1 Å². The molecule has 0 heterocycles. The highest BCUT2D eigenvalue weighted by Gasteiger charge is 2.24. The number of hydrogen-bond acceptors (Lipinski definition) is 8. The minimum Gasteiger partial charge on any atom is -0.491 e. The van der Waals surface area contributed by atoms with Gasteiger partial charge in [0.05, 0.1) is 29.8 Å². The van der Waals surface area contributed by atoms with Gasteiger partial charge in [0.15, 0.2) is 0 Å². The Morgan fingerprint density at radius 2 is 1.63 bits per heavy atom. The Balaban J connectivity index is 2.00. The Morgan fingerprint density at radius 1 is 1.03 bits per heavy atom. The van der Waals surface area contributed by atoms with Gasteiger partial charge in [0.1, 0.15) is 36.9 Å². The van der Waals surface area contributed by atoms with Gasteiger partial charge in [-0.1, -0.05) is 43.6 Å². The summed E-state index contributed by atoms with van der Waals surface area (Å²) in [5.74, 6) is 7.06. The lowest BCUT2D eigenvalue weighted by Gasteiger charge is -2.27. The van der Waals surface area contributed by atoms with E-state index in [2.05, 4.69) is 13.8 Å². The van der Waals surface area contributed by atoms with Crippen LogP contribution in [0, 0.1) is 0 Å². The number of hydrogen-bond donors (Lipinski definition) is 5. The molecule has 2 rings (SSSR count). The maximum Gasteiger partial charge on any atom is 0.138 e. The fourth-order valence-electron chi connectivity index (χ4n) is 3.28. The standard InChI is InChI=1S/C25H35Cl2N3O5/c1-16(23(28)13-31)30(29)12-20(33)15-34-21-7-4-17(5-8-21)25(2,3)18-6-9-24(22(27)10-18)35-14-19(32)11-26/h4-10,19-20,31-33H,11-15,28-29H2,1-3H3/b23-16-/t19-,20+/m0/s1. The SMILES string of the molecule is C/C(=C(/N)CO)N(N)C[C@@H](O)COc1ccc(C(C)(C)c2ccc(OC[C@@H](O)CCl)c(Cl)c2)cc1. The molecular formula is C25H35Cl2N3O5. The third-order valence-corrected chi connectivity index (χ3v) is 6.41. The highest BCUT2D eigenvalue weighted by atomic mass is 35.5. The van der Waals surface area contributed by atoms with Crippen molar-refractivity contribution in [3.63, 3.8) is 0 Å². The third-order valence-electron chi connectivity index (χ3n) is 5.75. The number of alkyl halides is 1. The van der Waals surface area contributed by atoms with Gasteiger partial charge < -0.3 is 35.5 Å². The number of aliphatic hydroxyl groups excluding tert-OH is 3. The predicted octanol–water partition coefficient (Wildman–Crippen LogP) is 2.74. The van der Waals surface area contributed by atoms with E-state index < -0.39 is 12.2 Å². The van der Waals surface area contributed by atoms with Crippen LogP contribution in [0.25, 0.3) is 0 Å². The summed E-state index contributed by atoms with van der Waals surface area (Å²) in [6.07, 6.45) is -1.61. The van der Waals surface area contributed by atoms with E-state index in [1.54, 1.807) is 13.0 Å². The topological polar surface area (TPSA) is 134 Å². The Hall–Kier alpha value is -2.20. The van der Waals surface area contributed by atoms with Gasteiger partial charge in [0.25, 0.3) is 0 Å². The van der Waals surface area contributed by atoms with Crippen molar-refractivity contribution in [2.75, 3.05) is 32.2 Å². The lowest BCUT2D eigenvalue weighted by molar-refractivity contribution is 0.0779. The van der Waals surface area contributed by atoms with Gasteiger partial charge in [-0.05, 0) is 42.3 Å². The summed E-state index contributed by atoms with van der Waals surface area (Å²) in [4.78, 5) is 0. The number of nitrogens with two attached hydrogens (primary N) is 2. The van der Waals surface area contributed by atoms with E-state index in [4.69, 9.17) is 49.4 Å². The van der Waals surface area contributed by atoms with Crippen LogP contribution in [0.4, 0.5) is 0 Å². The van der Waals surface area contributed by atoms with Gasteiger partial charge in [0, 0.05) is 11.1 Å². The molecule has 0 saturated carbocycles. The Morgan fingerprint density at radius 3 is 2.20 bits per heavy atom. The smallest absolute Gasteiger partial charge is 0.138 e. The summed E-state index contributed by atoms with van der Waals surface area (Å²) >= 11 is 12.0. The first-order valence-corrected chi connectivity index (χ1v) is 12.1. The minimum absolute atomic E-state index is 0.0399. The van der Waals surface area contributed by atoms with Crippen LogP contribution >= 0.6 is 23.2 Å². The molecular weight excluding hydrogens is 493 g/mol. The number of rotatable bonds is 13. The summed E-state index contributed by atoms with van der Waals surface area (Å²) < 4.78 is 11.2. The summed E-state index contributed by atoms with van der Waals surface area (Å²) in [6, 6.07) is 13.2. The molecule has 35 heavy (non-hydrogen) atoms. The molecule has 0 aliphatic rings. The van der Waals surface area contributed by atoms with Crippen LogP contribution in [-0.4, -0.2) is 64.8 Å². The molecule has 0 bridgehead atoms. The first kappa shape index (κ1) is 29.0. The number of hydrazine groups is 1. The molecule has 0 radical (unpaired) electrons. The second-order valence-electron chi connectivity index (χ2n) is 8.80. The van der Waals surface area contributed by atoms with E-state index in [1.165, 1.54) is 5.01 Å². The molecule has 0 amide bonds. The molecule has 0 unspecified atom stereocenters. The molecule has 2 atom stereocenters. The molecule has 194 valence electrons. The van der Waals surface area contributed by atoms with Crippen LogP contribution in [0.3, 0.4) is 0 Å². The maximum atomic E-state index is 10.2. The van der Waals surface area contributed by atoms with Crippen LogP contribution in [0.5, 0.6) is 11.5 Å². The summed E-state index contributed by atoms with van der Waals surface area (Å²) in [5, 5.41) is 30.6. The van der Waals surface area contributed by atoms with Crippen molar-refractivity contribution in [1.29, 1.82) is 0 Å². The van der Waals surface area contributed by atoms with Crippen LogP contribution in [0.2, 0.25) is 5.02 Å². The molecule has 0 spiro atoms. The van der Waals surface area contributed by atoms with Gasteiger partial charge in [0.2, 0.25) is 0 Å². The van der Waals surface area contributed by atoms with Gasteiger partial charge in [-0.3, -0.25) is 0 Å². The summed E-state index contributed by atoms with van der Waals surface area (Å²) in [6.45, 7) is 5.73. The van der Waals surface area contributed by atoms with Crippen molar-refractivity contribution in [2.45, 2.75) is 38.4 Å². The maximum absolute atomic E-state index is 10.2. The highest BCUT2D eigenvalue weighted by Crippen LogP contribution is 2.36. The van der Waals surface area contributed by atoms with Crippen molar-refractivity contribution in [2.24, 2.45) is 11.6 Å². The van der Waals surface area contributed by atoms with Crippen molar-refractivity contribution >= 4 is 23.2 Å². The van der Waals surface area contributed by atoms with E-state index in [0.29, 0.717) is 22.2 Å². The van der Waals surface area contributed by atoms with E-state index in [1.807, 2.05) is 36.4 Å². The summed E-state index contributed by atoms with van der Waals surface area (Å²) in [5.41, 5.74) is 8.08. The highest BCUT2D eigenvalue weighted by molar-refractivity contribution is 6.32. The number of allylic oxidation sites excluding steroid dienone is 1. The quantitative estimate of drug-likeness (QED) is 0.152. The largest absolute Gasteiger partial charge is 0.491 e. The van der Waals surface area contributed by atoms with Crippen molar-refractivity contribution < 1.29 is 24.8 Å². The van der Waals surface area contributed by atoms with Gasteiger partial charge in [-0.15, -0.1) is 11.6 Å². The van der Waals surface area contributed by atoms with Crippen molar-refractivity contribution in [3.8, 4) is 11.5 Å². The Kier molecular flexibility index (Phi) is 11.0. The van der Waals surface area contributed by atoms with Crippen molar-refractivity contribution in [1.82, 2.24) is 5.01 Å². The molecule has 2 aromatic rings. The predicted molar refractivity (Wildman–Crippen MR) is 139 cm³/mol. The van der Waals surface area contributed by atoms with Crippen LogP contribution in [-0.2, 0) is 5.41 Å². The first-order valence-electron chi connectivity index (χ1n) is 11.2. The molecule has 7 N–H and O–H groups in total. The van der Waals surface area contributed by atoms with Gasteiger partial charge >= 0.3 is 0 Å².